The van der Waals surface area contributed by atoms with Gasteiger partial charge in [-0.25, -0.2) is 4.98 Å². The number of nitrogens with zero attached hydrogens (tertiary/aromatic N) is 3. The molecule has 0 spiro atoms. The van der Waals surface area contributed by atoms with Gasteiger partial charge in [0.2, 0.25) is 10.9 Å². The van der Waals surface area contributed by atoms with Crippen molar-refractivity contribution in [1.82, 2.24) is 15.2 Å². The molecule has 5 rings (SSSR count). The first-order chi connectivity index (χ1) is 17.9. The van der Waals surface area contributed by atoms with Gasteiger partial charge in [0.15, 0.2) is 11.5 Å². The van der Waals surface area contributed by atoms with Crippen molar-refractivity contribution in [2.75, 3.05) is 32.4 Å². The minimum absolute atomic E-state index is 0.328. The number of thiophene rings is 1. The number of fused-ring (bicyclic) bond motifs is 1. The topological polar surface area (TPSA) is 121 Å². The lowest BCUT2D eigenvalue weighted by Gasteiger charge is -2.15. The number of hydrogen-bond donors (Lipinski definition) is 2. The third-order valence-electron chi connectivity index (χ3n) is 5.70. The zero-order chi connectivity index (χ0) is 26.1. The van der Waals surface area contributed by atoms with Crippen molar-refractivity contribution in [2.24, 2.45) is 0 Å². The molecule has 3 heterocycles. The smallest absolute Gasteiger partial charge is 0.269 e. The number of ether oxygens (including phenoxy) is 3. The molecule has 0 fully saturated rings. The Labute approximate surface area is 220 Å². The first-order valence-corrected chi connectivity index (χ1v) is 12.8. The quantitative estimate of drug-likeness (QED) is 0.275. The van der Waals surface area contributed by atoms with E-state index in [2.05, 4.69) is 15.5 Å². The predicted molar refractivity (Wildman–Crippen MR) is 147 cm³/mol. The molecular formula is C26H23N5O4S2. The first kappa shape index (κ1) is 24.5. The summed E-state index contributed by atoms with van der Waals surface area (Å²) in [6.45, 7) is 1.82. The lowest BCUT2D eigenvalue weighted by Crippen LogP contribution is -2.11. The Morgan fingerprint density at radius 3 is 2.22 bits per heavy atom. The summed E-state index contributed by atoms with van der Waals surface area (Å²) >= 11 is 2.51. The van der Waals surface area contributed by atoms with Crippen LogP contribution in [-0.4, -0.2) is 42.4 Å². The Morgan fingerprint density at radius 2 is 1.62 bits per heavy atom. The summed E-state index contributed by atoms with van der Waals surface area (Å²) in [4.78, 5) is 19.0. The zero-order valence-electron chi connectivity index (χ0n) is 20.5. The van der Waals surface area contributed by atoms with Crippen LogP contribution in [-0.2, 0) is 0 Å². The number of amides is 1. The third-order valence-corrected chi connectivity index (χ3v) is 7.55. The summed E-state index contributed by atoms with van der Waals surface area (Å²) in [6, 6.07) is 15.5. The summed E-state index contributed by atoms with van der Waals surface area (Å²) in [5.74, 6) is 1.12. The zero-order valence-corrected chi connectivity index (χ0v) is 22.1. The van der Waals surface area contributed by atoms with Crippen molar-refractivity contribution in [1.29, 1.82) is 0 Å². The molecule has 3 aromatic heterocycles. The largest absolute Gasteiger partial charge is 0.493 e. The van der Waals surface area contributed by atoms with Gasteiger partial charge in [-0.2, -0.15) is 0 Å². The second-order valence-electron chi connectivity index (χ2n) is 7.94. The van der Waals surface area contributed by atoms with Gasteiger partial charge in [-0.3, -0.25) is 10.1 Å². The van der Waals surface area contributed by atoms with Crippen LogP contribution in [0.5, 0.6) is 17.2 Å². The van der Waals surface area contributed by atoms with E-state index in [0.717, 1.165) is 27.4 Å². The van der Waals surface area contributed by atoms with Gasteiger partial charge in [0.1, 0.15) is 14.7 Å². The highest BCUT2D eigenvalue weighted by atomic mass is 32.1. The fraction of sp³-hybridized carbons (Fsp3) is 0.154. The number of anilines is 2. The number of aryl methyl sites for hydroxylation is 1. The number of methoxy groups -OCH3 is 3. The fourth-order valence-corrected chi connectivity index (χ4v) is 5.61. The number of hydrogen-bond acceptors (Lipinski definition) is 10. The number of rotatable bonds is 7. The lowest BCUT2D eigenvalue weighted by molar-refractivity contribution is 0.103. The van der Waals surface area contributed by atoms with Crippen LogP contribution in [0.25, 0.3) is 32.6 Å². The maximum absolute atomic E-state index is 13.2. The van der Waals surface area contributed by atoms with Crippen molar-refractivity contribution in [3.63, 3.8) is 0 Å². The molecule has 9 nitrogen and oxygen atoms in total. The van der Waals surface area contributed by atoms with E-state index in [0.29, 0.717) is 43.2 Å². The molecule has 0 atom stereocenters. The molecule has 0 aliphatic rings. The average molecular weight is 534 g/mol. The average Bonchev–Trinajstić information content (AvgIpc) is 3.49. The van der Waals surface area contributed by atoms with Gasteiger partial charge >= 0.3 is 0 Å². The first-order valence-electron chi connectivity index (χ1n) is 11.1. The molecule has 5 aromatic rings. The normalized spacial score (nSPS) is 10.9. The number of carbonyl (C=O) groups is 1. The summed E-state index contributed by atoms with van der Waals surface area (Å²) in [5.41, 5.74) is 10.2. The van der Waals surface area contributed by atoms with E-state index in [9.17, 15) is 4.79 Å². The fourth-order valence-electron chi connectivity index (χ4n) is 4.01. The van der Waals surface area contributed by atoms with E-state index in [1.165, 1.54) is 22.7 Å². The Morgan fingerprint density at radius 1 is 0.919 bits per heavy atom. The highest BCUT2D eigenvalue weighted by molar-refractivity contribution is 7.21. The van der Waals surface area contributed by atoms with E-state index in [4.69, 9.17) is 24.9 Å². The van der Waals surface area contributed by atoms with Crippen LogP contribution in [0.1, 0.15) is 14.7 Å². The number of carbonyl (C=O) groups excluding carboxylic acids is 1. The predicted octanol–water partition coefficient (Wildman–Crippen LogP) is 5.65. The molecule has 2 aromatic carbocycles. The van der Waals surface area contributed by atoms with Crippen LogP contribution in [0, 0.1) is 6.92 Å². The highest BCUT2D eigenvalue weighted by Gasteiger charge is 2.24. The number of nitrogens with one attached hydrogen (secondary N) is 1. The van der Waals surface area contributed by atoms with Crippen LogP contribution in [0.4, 0.5) is 10.8 Å². The molecule has 3 N–H and O–H groups in total. The number of pyridine rings is 1. The van der Waals surface area contributed by atoms with Crippen LogP contribution in [0.2, 0.25) is 0 Å². The van der Waals surface area contributed by atoms with Crippen LogP contribution in [0.3, 0.4) is 0 Å². The van der Waals surface area contributed by atoms with Crippen LogP contribution < -0.4 is 25.3 Å². The molecule has 188 valence electrons. The number of nitrogens with two attached hydrogens (primary N) is 1. The van der Waals surface area contributed by atoms with Gasteiger partial charge in [-0.1, -0.05) is 41.7 Å². The van der Waals surface area contributed by atoms with E-state index in [1.54, 1.807) is 21.3 Å². The monoisotopic (exact) mass is 533 g/mol. The standard InChI is InChI=1S/C26H23N5O4S2/c1-13-30-31-26(36-13)29-24(32)23-21(27)20-16(15-10-18(33-2)22(35-4)19(11-15)34-3)12-17(28-25(20)37-23)14-8-6-5-7-9-14/h5-12H,27H2,1-4H3,(H,29,31,32). The van der Waals surface area contributed by atoms with Gasteiger partial charge in [-0.05, 0) is 36.2 Å². The molecule has 0 saturated carbocycles. The Hall–Kier alpha value is -4.22. The SMILES string of the molecule is COc1cc(-c2cc(-c3ccccc3)nc3sc(C(=O)Nc4nnc(C)s4)c(N)c23)cc(OC)c1OC. The molecule has 37 heavy (non-hydrogen) atoms. The van der Waals surface area contributed by atoms with E-state index in [-0.39, 0.29) is 5.91 Å². The number of benzene rings is 2. The number of aromatic nitrogens is 3. The lowest BCUT2D eigenvalue weighted by atomic mass is 9.98. The number of nitrogen functional groups attached to an aromatic ring is 1. The van der Waals surface area contributed by atoms with Gasteiger partial charge in [0, 0.05) is 10.9 Å². The highest BCUT2D eigenvalue weighted by Crippen LogP contribution is 2.46. The van der Waals surface area contributed by atoms with Crippen LogP contribution in [0.15, 0.2) is 48.5 Å². The minimum Gasteiger partial charge on any atom is -0.493 e. The van der Waals surface area contributed by atoms with Gasteiger partial charge < -0.3 is 19.9 Å². The van der Waals surface area contributed by atoms with Crippen molar-refractivity contribution in [3.05, 3.63) is 58.4 Å². The van der Waals surface area contributed by atoms with Crippen molar-refractivity contribution in [2.45, 2.75) is 6.92 Å². The molecule has 11 heteroatoms. The molecule has 0 saturated heterocycles. The van der Waals surface area contributed by atoms with E-state index in [1.807, 2.05) is 55.5 Å². The van der Waals surface area contributed by atoms with Crippen LogP contribution >= 0.6 is 22.7 Å². The molecule has 0 aliphatic heterocycles. The molecule has 0 unspecified atom stereocenters. The van der Waals surface area contributed by atoms with Crippen molar-refractivity contribution < 1.29 is 19.0 Å². The van der Waals surface area contributed by atoms with Crippen molar-refractivity contribution in [3.8, 4) is 39.6 Å². The maximum Gasteiger partial charge on any atom is 0.269 e. The molecule has 0 bridgehead atoms. The molecule has 0 aliphatic carbocycles. The minimum atomic E-state index is -0.367. The maximum atomic E-state index is 13.2. The molecular weight excluding hydrogens is 510 g/mol. The van der Waals surface area contributed by atoms with Gasteiger partial charge in [0.05, 0.1) is 32.7 Å². The van der Waals surface area contributed by atoms with Gasteiger partial charge in [-0.15, -0.1) is 21.5 Å². The summed E-state index contributed by atoms with van der Waals surface area (Å²) in [5, 5.41) is 12.5. The summed E-state index contributed by atoms with van der Waals surface area (Å²) in [6.07, 6.45) is 0. The Bertz CT molecular complexity index is 1590. The summed E-state index contributed by atoms with van der Waals surface area (Å²) < 4.78 is 16.7. The van der Waals surface area contributed by atoms with Gasteiger partial charge in [0.25, 0.3) is 5.91 Å². The molecule has 0 radical (unpaired) electrons. The van der Waals surface area contributed by atoms with Crippen molar-refractivity contribution >= 4 is 49.6 Å². The third kappa shape index (κ3) is 4.54. The second-order valence-corrected chi connectivity index (χ2v) is 10.1. The van der Waals surface area contributed by atoms with E-state index >= 15 is 0 Å². The Balaban J connectivity index is 1.74. The Kier molecular flexibility index (Phi) is 6.64. The molecule has 1 amide bonds. The second kappa shape index (κ2) is 10.0. The summed E-state index contributed by atoms with van der Waals surface area (Å²) in [7, 11) is 4.68. The van der Waals surface area contributed by atoms with E-state index < -0.39 is 0 Å².